The number of sulfone groups is 1. The Labute approximate surface area is 150 Å². The summed E-state index contributed by atoms with van der Waals surface area (Å²) in [6, 6.07) is 11.3. The van der Waals surface area contributed by atoms with Crippen LogP contribution in [0.5, 0.6) is 5.75 Å². The Morgan fingerprint density at radius 3 is 2.54 bits per heavy atom. The molecule has 2 rings (SSSR count). The Morgan fingerprint density at radius 1 is 1.12 bits per heavy atom. The van der Waals surface area contributed by atoms with Crippen LogP contribution in [0.3, 0.4) is 0 Å². The van der Waals surface area contributed by atoms with Gasteiger partial charge < -0.3 is 10.1 Å². The summed E-state index contributed by atoms with van der Waals surface area (Å²) in [5.74, 6) is 0.0415. The predicted molar refractivity (Wildman–Crippen MR) is 96.1 cm³/mol. The standard InChI is InChI=1S/C16H15Cl2NO4S/c1-24(21,22)8-7-23-13-4-2-3-12(10-13)19-16(20)11-5-6-14(17)15(18)9-11/h2-6,9-10H,7-8H2,1H3,(H,19,20). The maximum Gasteiger partial charge on any atom is 0.255 e. The van der Waals surface area contributed by atoms with Crippen LogP contribution >= 0.6 is 23.2 Å². The predicted octanol–water partition coefficient (Wildman–Crippen LogP) is 3.67. The monoisotopic (exact) mass is 387 g/mol. The SMILES string of the molecule is CS(=O)(=O)CCOc1cccc(NC(=O)c2ccc(Cl)c(Cl)c2)c1. The molecular weight excluding hydrogens is 373 g/mol. The molecule has 0 bridgehead atoms. The first kappa shape index (κ1) is 18.6. The summed E-state index contributed by atoms with van der Waals surface area (Å²) in [5, 5.41) is 3.38. The van der Waals surface area contributed by atoms with Crippen LogP contribution in [0.25, 0.3) is 0 Å². The highest BCUT2D eigenvalue weighted by Crippen LogP contribution is 2.23. The van der Waals surface area contributed by atoms with Gasteiger partial charge in [-0.25, -0.2) is 8.42 Å². The fraction of sp³-hybridized carbons (Fsp3) is 0.188. The quantitative estimate of drug-likeness (QED) is 0.820. The number of hydrogen-bond acceptors (Lipinski definition) is 4. The Morgan fingerprint density at radius 2 is 1.88 bits per heavy atom. The molecule has 0 spiro atoms. The minimum Gasteiger partial charge on any atom is -0.492 e. The van der Waals surface area contributed by atoms with Crippen molar-refractivity contribution in [3.63, 3.8) is 0 Å². The molecule has 0 heterocycles. The van der Waals surface area contributed by atoms with E-state index in [1.807, 2.05) is 0 Å². The molecule has 1 N–H and O–H groups in total. The lowest BCUT2D eigenvalue weighted by molar-refractivity contribution is 0.102. The van der Waals surface area contributed by atoms with E-state index >= 15 is 0 Å². The van der Waals surface area contributed by atoms with Crippen molar-refractivity contribution in [2.45, 2.75) is 0 Å². The highest BCUT2D eigenvalue weighted by Gasteiger charge is 2.09. The minimum atomic E-state index is -3.09. The summed E-state index contributed by atoms with van der Waals surface area (Å²) < 4.78 is 27.5. The molecule has 0 fully saturated rings. The second kappa shape index (κ2) is 7.88. The molecule has 0 saturated heterocycles. The van der Waals surface area contributed by atoms with Crippen LogP contribution in [0.2, 0.25) is 10.0 Å². The van der Waals surface area contributed by atoms with Crippen LogP contribution in [0.4, 0.5) is 5.69 Å². The lowest BCUT2D eigenvalue weighted by Crippen LogP contribution is -2.13. The Balaban J connectivity index is 2.03. The number of hydrogen-bond donors (Lipinski definition) is 1. The van der Waals surface area contributed by atoms with Crippen molar-refractivity contribution in [3.05, 3.63) is 58.1 Å². The highest BCUT2D eigenvalue weighted by molar-refractivity contribution is 7.90. The number of carbonyl (C=O) groups excluding carboxylic acids is 1. The summed E-state index contributed by atoms with van der Waals surface area (Å²) in [6.45, 7) is 0.0447. The fourth-order valence-corrected chi connectivity index (χ4v) is 2.50. The van der Waals surface area contributed by atoms with E-state index in [0.29, 0.717) is 27.0 Å². The third-order valence-corrected chi connectivity index (χ3v) is 4.64. The molecule has 0 saturated carbocycles. The molecule has 24 heavy (non-hydrogen) atoms. The van der Waals surface area contributed by atoms with Gasteiger partial charge in [0.2, 0.25) is 0 Å². The Hall–Kier alpha value is -1.76. The zero-order valence-corrected chi connectivity index (χ0v) is 15.1. The second-order valence-electron chi connectivity index (χ2n) is 5.09. The number of anilines is 1. The topological polar surface area (TPSA) is 72.5 Å². The molecule has 1 amide bonds. The van der Waals surface area contributed by atoms with E-state index in [0.717, 1.165) is 6.26 Å². The maximum absolute atomic E-state index is 12.2. The summed E-state index contributed by atoms with van der Waals surface area (Å²) in [7, 11) is -3.09. The summed E-state index contributed by atoms with van der Waals surface area (Å²) >= 11 is 11.7. The molecule has 2 aromatic carbocycles. The van der Waals surface area contributed by atoms with E-state index in [1.54, 1.807) is 36.4 Å². The van der Waals surface area contributed by atoms with Crippen molar-refractivity contribution in [1.29, 1.82) is 0 Å². The molecule has 0 aromatic heterocycles. The normalized spacial score (nSPS) is 11.1. The molecule has 0 atom stereocenters. The summed E-state index contributed by atoms with van der Waals surface area (Å²) in [4.78, 5) is 12.2. The van der Waals surface area contributed by atoms with Crippen LogP contribution in [0.15, 0.2) is 42.5 Å². The minimum absolute atomic E-state index is 0.0447. The van der Waals surface area contributed by atoms with Crippen molar-refractivity contribution < 1.29 is 17.9 Å². The number of rotatable bonds is 6. The molecule has 0 aliphatic carbocycles. The number of carbonyl (C=O) groups is 1. The highest BCUT2D eigenvalue weighted by atomic mass is 35.5. The Bertz CT molecular complexity index is 853. The zero-order chi connectivity index (χ0) is 17.7. The number of nitrogens with one attached hydrogen (secondary N) is 1. The fourth-order valence-electron chi connectivity index (χ4n) is 1.82. The maximum atomic E-state index is 12.2. The molecule has 0 aliphatic heterocycles. The van der Waals surface area contributed by atoms with Gasteiger partial charge in [-0.2, -0.15) is 0 Å². The van der Waals surface area contributed by atoms with Gasteiger partial charge in [-0.05, 0) is 30.3 Å². The molecular formula is C16H15Cl2NO4S. The number of ether oxygens (including phenoxy) is 1. The molecule has 2 aromatic rings. The van der Waals surface area contributed by atoms with Gasteiger partial charge in [-0.1, -0.05) is 29.3 Å². The zero-order valence-electron chi connectivity index (χ0n) is 12.8. The Kier molecular flexibility index (Phi) is 6.10. The van der Waals surface area contributed by atoms with E-state index in [1.165, 1.54) is 6.07 Å². The molecule has 0 unspecified atom stereocenters. The van der Waals surface area contributed by atoms with Gasteiger partial charge in [-0.3, -0.25) is 4.79 Å². The first-order valence-corrected chi connectivity index (χ1v) is 9.73. The number of halogens is 2. The van der Waals surface area contributed by atoms with E-state index < -0.39 is 9.84 Å². The van der Waals surface area contributed by atoms with Gasteiger partial charge in [0.1, 0.15) is 12.4 Å². The molecule has 128 valence electrons. The van der Waals surface area contributed by atoms with E-state index in [2.05, 4.69) is 5.32 Å². The van der Waals surface area contributed by atoms with Gasteiger partial charge in [0, 0.05) is 23.6 Å². The van der Waals surface area contributed by atoms with Crippen LogP contribution in [-0.2, 0) is 9.84 Å². The third-order valence-electron chi connectivity index (χ3n) is 3.00. The van der Waals surface area contributed by atoms with Crippen molar-refractivity contribution in [2.24, 2.45) is 0 Å². The van der Waals surface area contributed by atoms with Crippen molar-refractivity contribution in [2.75, 3.05) is 23.9 Å². The van der Waals surface area contributed by atoms with Crippen molar-refractivity contribution >= 4 is 44.6 Å². The van der Waals surface area contributed by atoms with Crippen LogP contribution in [0, 0.1) is 0 Å². The summed E-state index contributed by atoms with van der Waals surface area (Å²) in [6.07, 6.45) is 1.14. The van der Waals surface area contributed by atoms with Crippen LogP contribution in [-0.4, -0.2) is 32.9 Å². The molecule has 0 aliphatic rings. The van der Waals surface area contributed by atoms with Gasteiger partial charge in [0.15, 0.2) is 9.84 Å². The van der Waals surface area contributed by atoms with Gasteiger partial charge >= 0.3 is 0 Å². The van der Waals surface area contributed by atoms with Crippen LogP contribution < -0.4 is 10.1 Å². The molecule has 0 radical (unpaired) electrons. The molecule has 8 heteroatoms. The largest absolute Gasteiger partial charge is 0.492 e. The lowest BCUT2D eigenvalue weighted by atomic mass is 10.2. The van der Waals surface area contributed by atoms with E-state index in [-0.39, 0.29) is 18.3 Å². The second-order valence-corrected chi connectivity index (χ2v) is 8.16. The van der Waals surface area contributed by atoms with E-state index in [9.17, 15) is 13.2 Å². The lowest BCUT2D eigenvalue weighted by Gasteiger charge is -2.09. The smallest absolute Gasteiger partial charge is 0.255 e. The first-order valence-electron chi connectivity index (χ1n) is 6.91. The van der Waals surface area contributed by atoms with Gasteiger partial charge in [0.25, 0.3) is 5.91 Å². The average Bonchev–Trinajstić information content (AvgIpc) is 2.49. The number of benzene rings is 2. The first-order chi connectivity index (χ1) is 11.2. The van der Waals surface area contributed by atoms with Crippen LogP contribution in [0.1, 0.15) is 10.4 Å². The van der Waals surface area contributed by atoms with Gasteiger partial charge in [-0.15, -0.1) is 0 Å². The number of amides is 1. The van der Waals surface area contributed by atoms with Crippen molar-refractivity contribution in [1.82, 2.24) is 0 Å². The molecule has 5 nitrogen and oxygen atoms in total. The summed E-state index contributed by atoms with van der Waals surface area (Å²) in [5.41, 5.74) is 0.885. The third kappa shape index (κ3) is 5.70. The average molecular weight is 388 g/mol. The van der Waals surface area contributed by atoms with Gasteiger partial charge in [0.05, 0.1) is 15.8 Å². The van der Waals surface area contributed by atoms with Crippen molar-refractivity contribution in [3.8, 4) is 5.75 Å². The van der Waals surface area contributed by atoms with E-state index in [4.69, 9.17) is 27.9 Å².